The van der Waals surface area contributed by atoms with Crippen molar-refractivity contribution < 1.29 is 4.74 Å². The Balaban J connectivity index is 2.40. The number of fused-ring (bicyclic) bond motifs is 1. The van der Waals surface area contributed by atoms with Gasteiger partial charge in [-0.2, -0.15) is 0 Å². The van der Waals surface area contributed by atoms with Gasteiger partial charge in [0.15, 0.2) is 0 Å². The molecule has 0 atom stereocenters. The molecule has 1 aliphatic rings. The summed E-state index contributed by atoms with van der Waals surface area (Å²) in [5.41, 5.74) is 1.06. The minimum absolute atomic E-state index is 0.566. The van der Waals surface area contributed by atoms with Crippen LogP contribution in [0.15, 0.2) is 23.5 Å². The molecule has 0 aromatic carbocycles. The minimum atomic E-state index is 0.566. The van der Waals surface area contributed by atoms with Crippen LogP contribution in [0, 0.1) is 0 Å². The molecule has 0 spiro atoms. The van der Waals surface area contributed by atoms with Crippen LogP contribution in [0.1, 0.15) is 5.56 Å². The maximum atomic E-state index is 5.36. The van der Waals surface area contributed by atoms with E-state index in [9.17, 15) is 0 Å². The predicted octanol–water partition coefficient (Wildman–Crippen LogP) is 1.04. The summed E-state index contributed by atoms with van der Waals surface area (Å²) in [7, 11) is 0. The topological polar surface area (TPSA) is 34.5 Å². The van der Waals surface area contributed by atoms with Gasteiger partial charge in [0, 0.05) is 24.2 Å². The van der Waals surface area contributed by atoms with Gasteiger partial charge in [0.05, 0.1) is 6.54 Å². The van der Waals surface area contributed by atoms with E-state index in [0.717, 1.165) is 11.3 Å². The highest BCUT2D eigenvalue weighted by atomic mass is 16.5. The van der Waals surface area contributed by atoms with Crippen LogP contribution in [0.4, 0.5) is 0 Å². The van der Waals surface area contributed by atoms with Crippen molar-refractivity contribution >= 4 is 6.21 Å². The van der Waals surface area contributed by atoms with Crippen LogP contribution in [0.5, 0.6) is 5.75 Å². The Kier molecular flexibility index (Phi) is 1.55. The molecule has 0 unspecified atom stereocenters. The Labute approximate surface area is 64.7 Å². The van der Waals surface area contributed by atoms with Crippen LogP contribution in [-0.4, -0.2) is 17.8 Å². The molecule has 0 saturated heterocycles. The first kappa shape index (κ1) is 6.34. The molecule has 0 saturated carbocycles. The zero-order chi connectivity index (χ0) is 7.52. The van der Waals surface area contributed by atoms with Crippen molar-refractivity contribution in [3.05, 3.63) is 24.0 Å². The summed E-state index contributed by atoms with van der Waals surface area (Å²) in [6.07, 6.45) is 5.29. The van der Waals surface area contributed by atoms with Crippen molar-refractivity contribution in [2.24, 2.45) is 4.99 Å². The number of ether oxygens (including phenoxy) is 1. The summed E-state index contributed by atoms with van der Waals surface area (Å²) in [5.74, 6) is 0.900. The lowest BCUT2D eigenvalue weighted by Gasteiger charge is -2.02. The van der Waals surface area contributed by atoms with Gasteiger partial charge in [-0.15, -0.1) is 0 Å². The van der Waals surface area contributed by atoms with E-state index in [1.54, 1.807) is 18.6 Å². The lowest BCUT2D eigenvalue weighted by atomic mass is 10.2. The van der Waals surface area contributed by atoms with Crippen molar-refractivity contribution in [2.45, 2.75) is 6.54 Å². The van der Waals surface area contributed by atoms with Crippen LogP contribution >= 0.6 is 0 Å². The number of pyridine rings is 1. The van der Waals surface area contributed by atoms with Crippen molar-refractivity contribution in [3.63, 3.8) is 0 Å². The number of aliphatic imine (C=N–C) groups is 1. The Morgan fingerprint density at radius 3 is 3.45 bits per heavy atom. The summed E-state index contributed by atoms with van der Waals surface area (Å²) in [4.78, 5) is 8.11. The molecule has 2 heterocycles. The number of aromatic nitrogens is 1. The lowest BCUT2D eigenvalue weighted by molar-refractivity contribution is 0.379. The van der Waals surface area contributed by atoms with Gasteiger partial charge in [0.25, 0.3) is 0 Å². The minimum Gasteiger partial charge on any atom is -0.487 e. The van der Waals surface area contributed by atoms with E-state index in [-0.39, 0.29) is 0 Å². The summed E-state index contributed by atoms with van der Waals surface area (Å²) in [5, 5.41) is 0. The third-order valence-corrected chi connectivity index (χ3v) is 1.56. The fourth-order valence-electron chi connectivity index (χ4n) is 1.02. The van der Waals surface area contributed by atoms with Crippen LogP contribution < -0.4 is 4.74 Å². The molecule has 0 bridgehead atoms. The highest BCUT2D eigenvalue weighted by molar-refractivity contribution is 5.60. The summed E-state index contributed by atoms with van der Waals surface area (Å²) in [6.45, 7) is 1.25. The number of nitrogens with zero attached hydrogens (tertiary/aromatic N) is 2. The molecule has 11 heavy (non-hydrogen) atoms. The lowest BCUT2D eigenvalue weighted by Crippen LogP contribution is -1.96. The highest BCUT2D eigenvalue weighted by Gasteiger charge is 2.03. The first-order valence-electron chi connectivity index (χ1n) is 3.51. The zero-order valence-electron chi connectivity index (χ0n) is 6.03. The molecule has 1 aromatic heterocycles. The van der Waals surface area contributed by atoms with Gasteiger partial charge in [-0.25, -0.2) is 0 Å². The Morgan fingerprint density at radius 2 is 2.45 bits per heavy atom. The molecule has 0 amide bonds. The first-order chi connectivity index (χ1) is 5.47. The van der Waals surface area contributed by atoms with E-state index in [1.807, 2.05) is 6.07 Å². The average Bonchev–Trinajstić information content (AvgIpc) is 2.28. The van der Waals surface area contributed by atoms with E-state index < -0.39 is 0 Å². The standard InChI is InChI=1S/C8H8N2O/c1-2-9-5-7-6-10-3-4-11-8(1)7/h1-3,5H,4,6H2. The molecular weight excluding hydrogens is 140 g/mol. The Bertz CT molecular complexity index is 283. The third-order valence-electron chi connectivity index (χ3n) is 1.56. The maximum absolute atomic E-state index is 5.36. The van der Waals surface area contributed by atoms with Crippen LogP contribution in [0.3, 0.4) is 0 Å². The van der Waals surface area contributed by atoms with E-state index >= 15 is 0 Å². The first-order valence-corrected chi connectivity index (χ1v) is 3.51. The van der Waals surface area contributed by atoms with Crippen molar-refractivity contribution in [2.75, 3.05) is 6.61 Å². The van der Waals surface area contributed by atoms with Crippen molar-refractivity contribution in [1.82, 2.24) is 4.98 Å². The van der Waals surface area contributed by atoms with E-state index in [1.165, 1.54) is 0 Å². The van der Waals surface area contributed by atoms with Crippen molar-refractivity contribution in [3.8, 4) is 5.75 Å². The molecule has 0 aliphatic carbocycles. The molecule has 2 rings (SSSR count). The van der Waals surface area contributed by atoms with Gasteiger partial charge in [0.1, 0.15) is 12.4 Å². The van der Waals surface area contributed by atoms with Gasteiger partial charge in [-0.05, 0) is 6.07 Å². The van der Waals surface area contributed by atoms with Crippen LogP contribution in [0.25, 0.3) is 0 Å². The molecule has 3 heteroatoms. The smallest absolute Gasteiger partial charge is 0.128 e. The second kappa shape index (κ2) is 2.70. The molecular formula is C8H8N2O. The van der Waals surface area contributed by atoms with Crippen LogP contribution in [-0.2, 0) is 6.54 Å². The van der Waals surface area contributed by atoms with E-state index in [0.29, 0.717) is 13.2 Å². The largest absolute Gasteiger partial charge is 0.487 e. The fraction of sp³-hybridized carbons (Fsp3) is 0.250. The second-order valence-corrected chi connectivity index (χ2v) is 2.32. The second-order valence-electron chi connectivity index (χ2n) is 2.32. The highest BCUT2D eigenvalue weighted by Crippen LogP contribution is 2.18. The van der Waals surface area contributed by atoms with Crippen LogP contribution in [0.2, 0.25) is 0 Å². The summed E-state index contributed by atoms with van der Waals surface area (Å²) < 4.78 is 5.36. The summed E-state index contributed by atoms with van der Waals surface area (Å²) >= 11 is 0. The Hall–Kier alpha value is -1.38. The summed E-state index contributed by atoms with van der Waals surface area (Å²) in [6, 6.07) is 1.87. The van der Waals surface area contributed by atoms with Gasteiger partial charge in [-0.1, -0.05) is 0 Å². The number of rotatable bonds is 0. The molecule has 56 valence electrons. The number of hydrogen-bond acceptors (Lipinski definition) is 3. The van der Waals surface area contributed by atoms with Crippen molar-refractivity contribution in [1.29, 1.82) is 0 Å². The third kappa shape index (κ3) is 1.22. The van der Waals surface area contributed by atoms with Gasteiger partial charge >= 0.3 is 0 Å². The molecule has 0 fully saturated rings. The molecule has 0 N–H and O–H groups in total. The van der Waals surface area contributed by atoms with Gasteiger partial charge < -0.3 is 4.74 Å². The average molecular weight is 148 g/mol. The molecule has 1 aliphatic heterocycles. The quantitative estimate of drug-likeness (QED) is 0.551. The molecule has 0 radical (unpaired) electrons. The maximum Gasteiger partial charge on any atom is 0.128 e. The normalized spacial score (nSPS) is 14.9. The van der Waals surface area contributed by atoms with Gasteiger partial charge in [-0.3, -0.25) is 9.98 Å². The van der Waals surface area contributed by atoms with E-state index in [4.69, 9.17) is 4.74 Å². The zero-order valence-corrected chi connectivity index (χ0v) is 6.03. The fourth-order valence-corrected chi connectivity index (χ4v) is 1.02. The van der Waals surface area contributed by atoms with Gasteiger partial charge in [0.2, 0.25) is 0 Å². The Morgan fingerprint density at radius 1 is 1.45 bits per heavy atom. The molecule has 3 nitrogen and oxygen atoms in total. The SMILES string of the molecule is C1=NCc2cnccc2OC1. The number of hydrogen-bond donors (Lipinski definition) is 0. The predicted molar refractivity (Wildman–Crippen MR) is 41.9 cm³/mol. The van der Waals surface area contributed by atoms with E-state index in [2.05, 4.69) is 9.98 Å². The monoisotopic (exact) mass is 148 g/mol. The molecule has 1 aromatic rings.